The summed E-state index contributed by atoms with van der Waals surface area (Å²) in [5, 5.41) is 13.2. The number of benzene rings is 2. The predicted octanol–water partition coefficient (Wildman–Crippen LogP) is 3.47. The van der Waals surface area contributed by atoms with Gasteiger partial charge in [0.1, 0.15) is 18.5 Å². The third kappa shape index (κ3) is 5.25. The Bertz CT molecular complexity index is 697. The number of para-hydroxylation sites is 1. The second kappa shape index (κ2) is 8.89. The van der Waals surface area contributed by atoms with Crippen molar-refractivity contribution in [3.05, 3.63) is 72.3 Å². The van der Waals surface area contributed by atoms with Crippen molar-refractivity contribution >= 4 is 11.5 Å². The normalized spacial score (nSPS) is 11.6. The Morgan fingerprint density at radius 2 is 2.08 bits per heavy atom. The molecule has 1 atom stereocenters. The van der Waals surface area contributed by atoms with E-state index in [0.29, 0.717) is 12.1 Å². The SMILES string of the molecule is C=CCc1ccccc1OCC(O)CNc1cccc(C(C)=O)c1. The molecule has 24 heavy (non-hydrogen) atoms. The van der Waals surface area contributed by atoms with Crippen LogP contribution in [0.1, 0.15) is 22.8 Å². The van der Waals surface area contributed by atoms with Crippen molar-refractivity contribution < 1.29 is 14.6 Å². The molecule has 0 fully saturated rings. The lowest BCUT2D eigenvalue weighted by molar-refractivity contribution is 0.101. The van der Waals surface area contributed by atoms with Crippen molar-refractivity contribution in [1.29, 1.82) is 0 Å². The van der Waals surface area contributed by atoms with Crippen molar-refractivity contribution in [2.75, 3.05) is 18.5 Å². The zero-order chi connectivity index (χ0) is 17.4. The minimum atomic E-state index is -0.664. The fourth-order valence-electron chi connectivity index (χ4n) is 2.30. The van der Waals surface area contributed by atoms with Gasteiger partial charge in [0.05, 0.1) is 0 Å². The standard InChI is InChI=1S/C20H23NO3/c1-3-7-16-8-4-5-11-20(16)24-14-19(23)13-21-18-10-6-9-17(12-18)15(2)22/h3-6,8-12,19,21,23H,1,7,13-14H2,2H3. The van der Waals surface area contributed by atoms with Gasteiger partial charge in [0.2, 0.25) is 0 Å². The molecule has 0 aromatic heterocycles. The molecule has 4 heteroatoms. The van der Waals surface area contributed by atoms with Gasteiger partial charge >= 0.3 is 0 Å². The van der Waals surface area contributed by atoms with Gasteiger partial charge in [-0.05, 0) is 37.1 Å². The number of carbonyl (C=O) groups is 1. The summed E-state index contributed by atoms with van der Waals surface area (Å²) >= 11 is 0. The van der Waals surface area contributed by atoms with Gasteiger partial charge in [-0.1, -0.05) is 36.4 Å². The quantitative estimate of drug-likeness (QED) is 0.547. The van der Waals surface area contributed by atoms with E-state index in [1.54, 1.807) is 12.1 Å². The second-order valence-electron chi connectivity index (χ2n) is 5.58. The van der Waals surface area contributed by atoms with Gasteiger partial charge in [0.15, 0.2) is 5.78 Å². The first kappa shape index (κ1) is 17.8. The van der Waals surface area contributed by atoms with Crippen molar-refractivity contribution in [2.24, 2.45) is 0 Å². The molecule has 0 bridgehead atoms. The Balaban J connectivity index is 1.86. The van der Waals surface area contributed by atoms with Gasteiger partial charge in [-0.3, -0.25) is 4.79 Å². The van der Waals surface area contributed by atoms with Crippen LogP contribution in [-0.2, 0) is 6.42 Å². The molecule has 0 aliphatic carbocycles. The van der Waals surface area contributed by atoms with E-state index in [2.05, 4.69) is 11.9 Å². The van der Waals surface area contributed by atoms with E-state index < -0.39 is 6.10 Å². The number of rotatable bonds is 9. The summed E-state index contributed by atoms with van der Waals surface area (Å²) in [6.07, 6.45) is 1.88. The molecule has 0 spiro atoms. The maximum atomic E-state index is 11.4. The van der Waals surface area contributed by atoms with E-state index in [9.17, 15) is 9.90 Å². The molecule has 0 heterocycles. The number of aliphatic hydroxyl groups is 1. The maximum absolute atomic E-state index is 11.4. The maximum Gasteiger partial charge on any atom is 0.159 e. The van der Waals surface area contributed by atoms with Crippen LogP contribution < -0.4 is 10.1 Å². The van der Waals surface area contributed by atoms with Crippen LogP contribution in [0.25, 0.3) is 0 Å². The number of nitrogens with one attached hydrogen (secondary N) is 1. The van der Waals surface area contributed by atoms with E-state index >= 15 is 0 Å². The third-order valence-electron chi connectivity index (χ3n) is 3.58. The molecule has 1 unspecified atom stereocenters. The summed E-state index contributed by atoms with van der Waals surface area (Å²) in [6, 6.07) is 14.9. The summed E-state index contributed by atoms with van der Waals surface area (Å²) in [6.45, 7) is 5.79. The van der Waals surface area contributed by atoms with E-state index in [1.807, 2.05) is 42.5 Å². The highest BCUT2D eigenvalue weighted by atomic mass is 16.5. The summed E-state index contributed by atoms with van der Waals surface area (Å²) in [5.74, 6) is 0.774. The number of carbonyl (C=O) groups excluding carboxylic acids is 1. The Labute approximate surface area is 142 Å². The highest BCUT2D eigenvalue weighted by Gasteiger charge is 2.08. The fourth-order valence-corrected chi connectivity index (χ4v) is 2.30. The Kier molecular flexibility index (Phi) is 6.58. The monoisotopic (exact) mass is 325 g/mol. The highest BCUT2D eigenvalue weighted by molar-refractivity contribution is 5.94. The van der Waals surface area contributed by atoms with E-state index in [4.69, 9.17) is 4.74 Å². The Morgan fingerprint density at radius 1 is 1.29 bits per heavy atom. The van der Waals surface area contributed by atoms with Crippen LogP contribution in [-0.4, -0.2) is 30.1 Å². The molecular formula is C20H23NO3. The van der Waals surface area contributed by atoms with Gasteiger partial charge in [-0.25, -0.2) is 0 Å². The van der Waals surface area contributed by atoms with E-state index in [0.717, 1.165) is 23.4 Å². The summed E-state index contributed by atoms with van der Waals surface area (Å²) < 4.78 is 5.71. The molecule has 2 aromatic carbocycles. The van der Waals surface area contributed by atoms with Crippen LogP contribution in [0.15, 0.2) is 61.2 Å². The van der Waals surface area contributed by atoms with E-state index in [-0.39, 0.29) is 12.4 Å². The molecule has 0 amide bonds. The van der Waals surface area contributed by atoms with Gasteiger partial charge in [0.25, 0.3) is 0 Å². The smallest absolute Gasteiger partial charge is 0.159 e. The number of anilines is 1. The molecule has 2 N–H and O–H groups in total. The van der Waals surface area contributed by atoms with Crippen LogP contribution in [0.3, 0.4) is 0 Å². The van der Waals surface area contributed by atoms with Crippen molar-refractivity contribution in [3.8, 4) is 5.75 Å². The van der Waals surface area contributed by atoms with Crippen LogP contribution in [0.4, 0.5) is 5.69 Å². The lowest BCUT2D eigenvalue weighted by Gasteiger charge is -2.16. The van der Waals surface area contributed by atoms with Gasteiger partial charge in [0, 0.05) is 17.8 Å². The first-order chi connectivity index (χ1) is 11.6. The first-order valence-corrected chi connectivity index (χ1v) is 7.94. The zero-order valence-corrected chi connectivity index (χ0v) is 13.9. The lowest BCUT2D eigenvalue weighted by atomic mass is 10.1. The molecule has 0 saturated carbocycles. The number of ether oxygens (including phenoxy) is 1. The topological polar surface area (TPSA) is 58.6 Å². The number of allylic oxidation sites excluding steroid dienone is 1. The number of Topliss-reactive ketones (excluding diaryl/α,β-unsaturated/α-hetero) is 1. The number of ketones is 1. The highest BCUT2D eigenvalue weighted by Crippen LogP contribution is 2.19. The number of hydrogen-bond donors (Lipinski definition) is 2. The Morgan fingerprint density at radius 3 is 2.83 bits per heavy atom. The zero-order valence-electron chi connectivity index (χ0n) is 13.9. The molecular weight excluding hydrogens is 302 g/mol. The molecule has 0 aliphatic heterocycles. The largest absolute Gasteiger partial charge is 0.491 e. The van der Waals surface area contributed by atoms with Crippen LogP contribution in [0.5, 0.6) is 5.75 Å². The minimum absolute atomic E-state index is 0.0151. The lowest BCUT2D eigenvalue weighted by Crippen LogP contribution is -2.26. The van der Waals surface area contributed by atoms with Crippen LogP contribution in [0, 0.1) is 0 Å². The molecule has 0 saturated heterocycles. The van der Waals surface area contributed by atoms with E-state index in [1.165, 1.54) is 6.92 Å². The molecule has 2 rings (SSSR count). The van der Waals surface area contributed by atoms with Crippen LogP contribution >= 0.6 is 0 Å². The molecule has 4 nitrogen and oxygen atoms in total. The predicted molar refractivity (Wildman–Crippen MR) is 96.8 cm³/mol. The second-order valence-corrected chi connectivity index (χ2v) is 5.58. The molecule has 2 aromatic rings. The molecule has 126 valence electrons. The first-order valence-electron chi connectivity index (χ1n) is 7.94. The molecule has 0 radical (unpaired) electrons. The summed E-state index contributed by atoms with van der Waals surface area (Å²) in [5.41, 5.74) is 2.49. The number of aliphatic hydroxyl groups excluding tert-OH is 1. The fraction of sp³-hybridized carbons (Fsp3) is 0.250. The minimum Gasteiger partial charge on any atom is -0.491 e. The third-order valence-corrected chi connectivity index (χ3v) is 3.58. The average Bonchev–Trinajstić information content (AvgIpc) is 2.59. The number of hydrogen-bond acceptors (Lipinski definition) is 4. The van der Waals surface area contributed by atoms with Gasteiger partial charge in [-0.2, -0.15) is 0 Å². The summed E-state index contributed by atoms with van der Waals surface area (Å²) in [7, 11) is 0. The Hall–Kier alpha value is -2.59. The van der Waals surface area contributed by atoms with Gasteiger partial charge < -0.3 is 15.2 Å². The average molecular weight is 325 g/mol. The van der Waals surface area contributed by atoms with Gasteiger partial charge in [-0.15, -0.1) is 6.58 Å². The van der Waals surface area contributed by atoms with Crippen molar-refractivity contribution in [3.63, 3.8) is 0 Å². The van der Waals surface area contributed by atoms with Crippen LogP contribution in [0.2, 0.25) is 0 Å². The molecule has 0 aliphatic rings. The van der Waals surface area contributed by atoms with Crippen molar-refractivity contribution in [1.82, 2.24) is 0 Å². The van der Waals surface area contributed by atoms with Crippen molar-refractivity contribution in [2.45, 2.75) is 19.4 Å². The summed E-state index contributed by atoms with van der Waals surface area (Å²) in [4.78, 5) is 11.4.